The van der Waals surface area contributed by atoms with Gasteiger partial charge in [0.2, 0.25) is 5.91 Å². The number of carboxylic acids is 1. The van der Waals surface area contributed by atoms with E-state index in [0.717, 1.165) is 5.56 Å². The molecule has 1 atom stereocenters. The average molecular weight is 248 g/mol. The zero-order chi connectivity index (χ0) is 13.0. The second-order valence-electron chi connectivity index (χ2n) is 4.52. The highest BCUT2D eigenvalue weighted by atomic mass is 16.4. The second kappa shape index (κ2) is 5.64. The van der Waals surface area contributed by atoms with Crippen molar-refractivity contribution in [3.8, 4) is 0 Å². The zero-order valence-corrected chi connectivity index (χ0v) is 10.0. The highest BCUT2D eigenvalue weighted by molar-refractivity contribution is 5.80. The number of benzene rings is 1. The lowest BCUT2D eigenvalue weighted by Crippen LogP contribution is -2.54. The Hall–Kier alpha value is -1.88. The van der Waals surface area contributed by atoms with Crippen molar-refractivity contribution in [1.82, 2.24) is 10.2 Å². The summed E-state index contributed by atoms with van der Waals surface area (Å²) in [6, 6.07) is 9.55. The monoisotopic (exact) mass is 248 g/mol. The molecule has 1 aromatic carbocycles. The summed E-state index contributed by atoms with van der Waals surface area (Å²) in [6.45, 7) is 1.57. The molecule has 2 N–H and O–H groups in total. The van der Waals surface area contributed by atoms with Crippen molar-refractivity contribution < 1.29 is 14.7 Å². The van der Waals surface area contributed by atoms with Crippen molar-refractivity contribution in [1.29, 1.82) is 0 Å². The first-order valence-electron chi connectivity index (χ1n) is 5.91. The standard InChI is InChI=1S/C13H16N2O3/c16-12-9-15(7-10-4-2-1-3-5-10)8-11(14-12)6-13(17)18/h1-5,11H,6-9H2,(H,14,16)(H,17,18). The van der Waals surface area contributed by atoms with Crippen LogP contribution in [0.25, 0.3) is 0 Å². The van der Waals surface area contributed by atoms with E-state index >= 15 is 0 Å². The van der Waals surface area contributed by atoms with E-state index in [1.807, 2.05) is 35.2 Å². The topological polar surface area (TPSA) is 69.6 Å². The molecule has 1 aromatic rings. The van der Waals surface area contributed by atoms with E-state index in [9.17, 15) is 9.59 Å². The molecule has 2 rings (SSSR count). The lowest BCUT2D eigenvalue weighted by atomic mass is 10.1. The molecule has 0 spiro atoms. The number of piperazine rings is 1. The number of carbonyl (C=O) groups excluding carboxylic acids is 1. The van der Waals surface area contributed by atoms with Gasteiger partial charge in [0.05, 0.1) is 19.0 Å². The minimum atomic E-state index is -0.887. The fourth-order valence-electron chi connectivity index (χ4n) is 2.19. The summed E-state index contributed by atoms with van der Waals surface area (Å²) in [5.41, 5.74) is 1.13. The minimum absolute atomic E-state index is 0.0307. The maximum absolute atomic E-state index is 11.5. The van der Waals surface area contributed by atoms with Crippen LogP contribution in [-0.2, 0) is 16.1 Å². The van der Waals surface area contributed by atoms with E-state index in [-0.39, 0.29) is 18.4 Å². The van der Waals surface area contributed by atoms with Gasteiger partial charge in [0.25, 0.3) is 0 Å². The first-order valence-corrected chi connectivity index (χ1v) is 5.91. The van der Waals surface area contributed by atoms with Crippen LogP contribution in [0.15, 0.2) is 30.3 Å². The van der Waals surface area contributed by atoms with Crippen molar-refractivity contribution >= 4 is 11.9 Å². The maximum Gasteiger partial charge on any atom is 0.305 e. The Morgan fingerprint density at radius 2 is 2.11 bits per heavy atom. The van der Waals surface area contributed by atoms with E-state index in [1.165, 1.54) is 0 Å². The van der Waals surface area contributed by atoms with Gasteiger partial charge in [0, 0.05) is 13.1 Å². The molecule has 5 nitrogen and oxygen atoms in total. The molecule has 96 valence electrons. The van der Waals surface area contributed by atoms with Crippen LogP contribution >= 0.6 is 0 Å². The number of rotatable bonds is 4. The first kappa shape index (κ1) is 12.6. The molecule has 0 aromatic heterocycles. The summed E-state index contributed by atoms with van der Waals surface area (Å²) in [5.74, 6) is -0.995. The quantitative estimate of drug-likeness (QED) is 0.812. The molecule has 1 fully saturated rings. The van der Waals surface area contributed by atoms with Crippen LogP contribution in [0.4, 0.5) is 0 Å². The molecule has 1 heterocycles. The second-order valence-corrected chi connectivity index (χ2v) is 4.52. The Morgan fingerprint density at radius 1 is 1.39 bits per heavy atom. The number of carboxylic acid groups (broad SMARTS) is 1. The van der Waals surface area contributed by atoms with Gasteiger partial charge in [-0.25, -0.2) is 0 Å². The lowest BCUT2D eigenvalue weighted by Gasteiger charge is -2.32. The summed E-state index contributed by atoms with van der Waals surface area (Å²) >= 11 is 0. The molecule has 1 aliphatic heterocycles. The van der Waals surface area contributed by atoms with E-state index < -0.39 is 5.97 Å². The summed E-state index contributed by atoms with van der Waals surface area (Å²) in [7, 11) is 0. The van der Waals surface area contributed by atoms with Gasteiger partial charge in [-0.15, -0.1) is 0 Å². The lowest BCUT2D eigenvalue weighted by molar-refractivity contribution is -0.138. The van der Waals surface area contributed by atoms with Crippen molar-refractivity contribution in [3.05, 3.63) is 35.9 Å². The Kier molecular flexibility index (Phi) is 3.94. The van der Waals surface area contributed by atoms with Gasteiger partial charge in [-0.05, 0) is 5.56 Å². The molecule has 0 saturated carbocycles. The van der Waals surface area contributed by atoms with Gasteiger partial charge >= 0.3 is 5.97 Å². The molecule has 18 heavy (non-hydrogen) atoms. The van der Waals surface area contributed by atoms with Gasteiger partial charge in [0.15, 0.2) is 0 Å². The predicted octanol–water partition coefficient (Wildman–Crippen LogP) is 0.462. The third-order valence-electron chi connectivity index (χ3n) is 2.88. The predicted molar refractivity (Wildman–Crippen MR) is 65.9 cm³/mol. The molecule has 1 aliphatic rings. The SMILES string of the molecule is O=C(O)CC1CN(Cc2ccccc2)CC(=O)N1. The van der Waals surface area contributed by atoms with Crippen molar-refractivity contribution in [2.45, 2.75) is 19.0 Å². The Balaban J connectivity index is 1.96. The smallest absolute Gasteiger partial charge is 0.305 e. The highest BCUT2D eigenvalue weighted by Gasteiger charge is 2.25. The summed E-state index contributed by atoms with van der Waals surface area (Å²) < 4.78 is 0. The third kappa shape index (κ3) is 3.56. The largest absolute Gasteiger partial charge is 0.481 e. The number of nitrogens with zero attached hydrogens (tertiary/aromatic N) is 1. The number of carbonyl (C=O) groups is 2. The Labute approximate surface area is 105 Å². The van der Waals surface area contributed by atoms with Gasteiger partial charge in [-0.3, -0.25) is 14.5 Å². The molecule has 0 bridgehead atoms. The normalized spacial score (nSPS) is 20.4. The molecule has 0 aliphatic carbocycles. The van der Waals surface area contributed by atoms with Gasteiger partial charge < -0.3 is 10.4 Å². The van der Waals surface area contributed by atoms with Crippen LogP contribution in [0.3, 0.4) is 0 Å². The van der Waals surface area contributed by atoms with E-state index in [0.29, 0.717) is 19.6 Å². The van der Waals surface area contributed by atoms with Crippen LogP contribution in [0.2, 0.25) is 0 Å². The zero-order valence-electron chi connectivity index (χ0n) is 10.0. The Bertz CT molecular complexity index is 431. The molecule has 5 heteroatoms. The fourth-order valence-corrected chi connectivity index (χ4v) is 2.19. The van der Waals surface area contributed by atoms with Crippen LogP contribution in [0.5, 0.6) is 0 Å². The van der Waals surface area contributed by atoms with Crippen LogP contribution in [-0.4, -0.2) is 41.0 Å². The highest BCUT2D eigenvalue weighted by Crippen LogP contribution is 2.09. The van der Waals surface area contributed by atoms with Gasteiger partial charge in [-0.1, -0.05) is 30.3 Å². The number of aliphatic carboxylic acids is 1. The number of amides is 1. The molecule has 1 unspecified atom stereocenters. The molecule has 1 amide bonds. The number of nitrogens with one attached hydrogen (secondary N) is 1. The van der Waals surface area contributed by atoms with Gasteiger partial charge in [0.1, 0.15) is 0 Å². The molecule has 1 saturated heterocycles. The fraction of sp³-hybridized carbons (Fsp3) is 0.385. The van der Waals surface area contributed by atoms with Gasteiger partial charge in [-0.2, -0.15) is 0 Å². The summed E-state index contributed by atoms with van der Waals surface area (Å²) in [5, 5.41) is 11.5. The van der Waals surface area contributed by atoms with Crippen molar-refractivity contribution in [2.24, 2.45) is 0 Å². The van der Waals surface area contributed by atoms with E-state index in [4.69, 9.17) is 5.11 Å². The minimum Gasteiger partial charge on any atom is -0.481 e. The molecular formula is C13H16N2O3. The number of hydrogen-bond donors (Lipinski definition) is 2. The molecule has 0 radical (unpaired) electrons. The first-order chi connectivity index (χ1) is 8.63. The summed E-state index contributed by atoms with van der Waals surface area (Å²) in [6.07, 6.45) is -0.0307. The molecular weight excluding hydrogens is 232 g/mol. The number of hydrogen-bond acceptors (Lipinski definition) is 3. The third-order valence-corrected chi connectivity index (χ3v) is 2.88. The summed E-state index contributed by atoms with van der Waals surface area (Å²) in [4.78, 5) is 24.2. The van der Waals surface area contributed by atoms with E-state index in [1.54, 1.807) is 0 Å². The van der Waals surface area contributed by atoms with Crippen LogP contribution in [0.1, 0.15) is 12.0 Å². The van der Waals surface area contributed by atoms with Crippen LogP contribution < -0.4 is 5.32 Å². The van der Waals surface area contributed by atoms with Crippen molar-refractivity contribution in [3.63, 3.8) is 0 Å². The van der Waals surface area contributed by atoms with E-state index in [2.05, 4.69) is 5.32 Å². The Morgan fingerprint density at radius 3 is 2.78 bits per heavy atom. The van der Waals surface area contributed by atoms with Crippen LogP contribution in [0, 0.1) is 0 Å². The average Bonchev–Trinajstić information content (AvgIpc) is 2.28. The maximum atomic E-state index is 11.5. The van der Waals surface area contributed by atoms with Crippen molar-refractivity contribution in [2.75, 3.05) is 13.1 Å².